The number of nitrogens with one attached hydrogen (secondary N) is 1. The minimum absolute atomic E-state index is 0. The quantitative estimate of drug-likeness (QED) is 0.813. The first-order chi connectivity index (χ1) is 9.96. The van der Waals surface area contributed by atoms with Gasteiger partial charge in [-0.05, 0) is 49.9 Å². The fourth-order valence-electron chi connectivity index (χ4n) is 3.67. The van der Waals surface area contributed by atoms with Crippen LogP contribution in [0, 0.1) is 11.3 Å². The molecular formula is C17H33ClN2O2. The third-order valence-corrected chi connectivity index (χ3v) is 5.75. The number of nitrogens with two attached hydrogens (primary N) is 1. The average molecular weight is 333 g/mol. The maximum Gasteiger partial charge on any atom is 0.249 e. The standard InChI is InChI=1S/C17H32N2O2.ClH/c1-4-17(2,3)12-5-7-13(8-6-12)19-16(20)15-10-9-14(11-18)21-15;/h12-15H,4-11,18H2,1-3H3,(H,19,20);1H/t12?,13?,14-,15+;/m1./s1. The predicted octanol–water partition coefficient (Wildman–Crippen LogP) is 3.03. The molecular weight excluding hydrogens is 300 g/mol. The van der Waals surface area contributed by atoms with Gasteiger partial charge in [-0.3, -0.25) is 4.79 Å². The molecule has 1 aliphatic carbocycles. The lowest BCUT2D eigenvalue weighted by Gasteiger charge is -2.39. The second-order valence-corrected chi connectivity index (χ2v) is 7.46. The fourth-order valence-corrected chi connectivity index (χ4v) is 3.67. The van der Waals surface area contributed by atoms with E-state index < -0.39 is 0 Å². The molecule has 130 valence electrons. The van der Waals surface area contributed by atoms with Crippen LogP contribution in [0.25, 0.3) is 0 Å². The third kappa shape index (κ3) is 4.84. The number of hydrogen-bond acceptors (Lipinski definition) is 3. The van der Waals surface area contributed by atoms with Crippen LogP contribution in [0.5, 0.6) is 0 Å². The molecule has 2 rings (SSSR count). The summed E-state index contributed by atoms with van der Waals surface area (Å²) in [5, 5.41) is 3.19. The molecule has 4 nitrogen and oxygen atoms in total. The van der Waals surface area contributed by atoms with Gasteiger partial charge in [-0.2, -0.15) is 0 Å². The van der Waals surface area contributed by atoms with Crippen LogP contribution < -0.4 is 11.1 Å². The largest absolute Gasteiger partial charge is 0.364 e. The molecule has 22 heavy (non-hydrogen) atoms. The Morgan fingerprint density at radius 2 is 1.82 bits per heavy atom. The zero-order chi connectivity index (χ0) is 15.5. The molecule has 1 saturated heterocycles. The van der Waals surface area contributed by atoms with Gasteiger partial charge in [0.25, 0.3) is 0 Å². The Morgan fingerprint density at radius 3 is 2.32 bits per heavy atom. The summed E-state index contributed by atoms with van der Waals surface area (Å²) >= 11 is 0. The molecule has 0 radical (unpaired) electrons. The van der Waals surface area contributed by atoms with Crippen LogP contribution in [0.3, 0.4) is 0 Å². The highest BCUT2D eigenvalue weighted by atomic mass is 35.5. The Morgan fingerprint density at radius 1 is 1.18 bits per heavy atom. The molecule has 2 atom stereocenters. The molecule has 3 N–H and O–H groups in total. The van der Waals surface area contributed by atoms with E-state index in [9.17, 15) is 4.79 Å². The summed E-state index contributed by atoms with van der Waals surface area (Å²) in [6.45, 7) is 7.53. The van der Waals surface area contributed by atoms with Crippen molar-refractivity contribution < 1.29 is 9.53 Å². The van der Waals surface area contributed by atoms with Gasteiger partial charge in [-0.1, -0.05) is 27.2 Å². The molecule has 2 aliphatic rings. The lowest BCUT2D eigenvalue weighted by Crippen LogP contribution is -2.44. The molecule has 2 fully saturated rings. The van der Waals surface area contributed by atoms with E-state index in [2.05, 4.69) is 26.1 Å². The van der Waals surface area contributed by atoms with Crippen molar-refractivity contribution in [1.29, 1.82) is 0 Å². The lowest BCUT2D eigenvalue weighted by molar-refractivity contribution is -0.132. The first kappa shape index (κ1) is 19.7. The van der Waals surface area contributed by atoms with Gasteiger partial charge in [0.05, 0.1) is 6.10 Å². The second kappa shape index (κ2) is 8.51. The maximum atomic E-state index is 12.2. The lowest BCUT2D eigenvalue weighted by atomic mass is 9.69. The molecule has 1 amide bonds. The van der Waals surface area contributed by atoms with E-state index in [0.29, 0.717) is 18.0 Å². The highest BCUT2D eigenvalue weighted by Crippen LogP contribution is 2.40. The fraction of sp³-hybridized carbons (Fsp3) is 0.941. The van der Waals surface area contributed by atoms with Gasteiger partial charge in [0.2, 0.25) is 5.91 Å². The minimum Gasteiger partial charge on any atom is -0.364 e. The van der Waals surface area contributed by atoms with E-state index in [1.807, 2.05) is 0 Å². The molecule has 0 spiro atoms. The van der Waals surface area contributed by atoms with Gasteiger partial charge < -0.3 is 15.8 Å². The van der Waals surface area contributed by atoms with Gasteiger partial charge >= 0.3 is 0 Å². The summed E-state index contributed by atoms with van der Waals surface area (Å²) in [6, 6.07) is 0.335. The Labute approximate surface area is 141 Å². The van der Waals surface area contributed by atoms with Crippen LogP contribution >= 0.6 is 12.4 Å². The zero-order valence-electron chi connectivity index (χ0n) is 14.3. The number of halogens is 1. The highest BCUT2D eigenvalue weighted by Gasteiger charge is 2.34. The molecule has 1 aliphatic heterocycles. The van der Waals surface area contributed by atoms with Crippen LogP contribution in [-0.4, -0.2) is 30.7 Å². The highest BCUT2D eigenvalue weighted by molar-refractivity contribution is 5.85. The van der Waals surface area contributed by atoms with Crippen molar-refractivity contribution in [3.63, 3.8) is 0 Å². The van der Waals surface area contributed by atoms with E-state index >= 15 is 0 Å². The van der Waals surface area contributed by atoms with E-state index in [4.69, 9.17) is 10.5 Å². The predicted molar refractivity (Wildman–Crippen MR) is 92.2 cm³/mol. The van der Waals surface area contributed by atoms with Crippen molar-refractivity contribution in [1.82, 2.24) is 5.32 Å². The van der Waals surface area contributed by atoms with Crippen LogP contribution in [-0.2, 0) is 9.53 Å². The van der Waals surface area contributed by atoms with Crippen LogP contribution in [0.1, 0.15) is 65.7 Å². The van der Waals surface area contributed by atoms with Crippen LogP contribution in [0.15, 0.2) is 0 Å². The van der Waals surface area contributed by atoms with Gasteiger partial charge in [-0.25, -0.2) is 0 Å². The van der Waals surface area contributed by atoms with Crippen molar-refractivity contribution in [2.45, 2.75) is 84.0 Å². The van der Waals surface area contributed by atoms with E-state index in [1.165, 1.54) is 19.3 Å². The summed E-state index contributed by atoms with van der Waals surface area (Å²) in [6.07, 6.45) is 7.40. The van der Waals surface area contributed by atoms with Gasteiger partial charge in [-0.15, -0.1) is 12.4 Å². The van der Waals surface area contributed by atoms with E-state index in [-0.39, 0.29) is 30.5 Å². The third-order valence-electron chi connectivity index (χ3n) is 5.75. The number of amides is 1. The van der Waals surface area contributed by atoms with Crippen molar-refractivity contribution in [2.75, 3.05) is 6.54 Å². The maximum absolute atomic E-state index is 12.2. The number of carbonyl (C=O) groups is 1. The smallest absolute Gasteiger partial charge is 0.249 e. The Balaban J connectivity index is 0.00000242. The van der Waals surface area contributed by atoms with Crippen molar-refractivity contribution >= 4 is 18.3 Å². The zero-order valence-corrected chi connectivity index (χ0v) is 15.1. The molecule has 0 bridgehead atoms. The Kier molecular flexibility index (Phi) is 7.63. The van der Waals surface area contributed by atoms with Crippen molar-refractivity contribution in [3.8, 4) is 0 Å². The number of carbonyl (C=O) groups excluding carboxylic acids is 1. The molecule has 0 aromatic carbocycles. The summed E-state index contributed by atoms with van der Waals surface area (Å²) in [5.41, 5.74) is 6.02. The molecule has 5 heteroatoms. The first-order valence-electron chi connectivity index (χ1n) is 8.62. The summed E-state index contributed by atoms with van der Waals surface area (Å²) < 4.78 is 5.67. The second-order valence-electron chi connectivity index (χ2n) is 7.46. The van der Waals surface area contributed by atoms with Crippen molar-refractivity contribution in [2.24, 2.45) is 17.1 Å². The van der Waals surface area contributed by atoms with Crippen LogP contribution in [0.2, 0.25) is 0 Å². The summed E-state index contributed by atoms with van der Waals surface area (Å²) in [4.78, 5) is 12.2. The normalized spacial score (nSPS) is 32.4. The number of rotatable bonds is 5. The first-order valence-corrected chi connectivity index (χ1v) is 8.62. The molecule has 0 aromatic heterocycles. The Bertz CT molecular complexity index is 355. The topological polar surface area (TPSA) is 64.4 Å². The average Bonchev–Trinajstić information content (AvgIpc) is 2.97. The van der Waals surface area contributed by atoms with E-state index in [0.717, 1.165) is 31.6 Å². The van der Waals surface area contributed by atoms with Gasteiger partial charge in [0, 0.05) is 12.6 Å². The molecule has 1 saturated carbocycles. The molecule has 0 aromatic rings. The van der Waals surface area contributed by atoms with E-state index in [1.54, 1.807) is 0 Å². The van der Waals surface area contributed by atoms with Crippen molar-refractivity contribution in [3.05, 3.63) is 0 Å². The summed E-state index contributed by atoms with van der Waals surface area (Å²) in [5.74, 6) is 0.865. The number of hydrogen-bond donors (Lipinski definition) is 2. The molecule has 1 heterocycles. The molecule has 0 unspecified atom stereocenters. The Hall–Kier alpha value is -0.320. The van der Waals surface area contributed by atoms with Gasteiger partial charge in [0.1, 0.15) is 6.10 Å². The number of ether oxygens (including phenoxy) is 1. The van der Waals surface area contributed by atoms with Crippen LogP contribution in [0.4, 0.5) is 0 Å². The monoisotopic (exact) mass is 332 g/mol. The SMILES string of the molecule is CCC(C)(C)C1CCC(NC(=O)[C@@H]2CC[C@H](CN)O2)CC1.Cl. The van der Waals surface area contributed by atoms with Gasteiger partial charge in [0.15, 0.2) is 0 Å². The summed E-state index contributed by atoms with van der Waals surface area (Å²) in [7, 11) is 0. The minimum atomic E-state index is -0.275.